The molecule has 2 N–H and O–H groups in total. The molecule has 1 aromatic heterocycles. The van der Waals surface area contributed by atoms with Crippen molar-refractivity contribution < 1.29 is 9.18 Å². The summed E-state index contributed by atoms with van der Waals surface area (Å²) in [4.78, 5) is 19.8. The van der Waals surface area contributed by atoms with E-state index in [1.165, 1.54) is 12.5 Å². The Kier molecular flexibility index (Phi) is 7.51. The summed E-state index contributed by atoms with van der Waals surface area (Å²) in [6.45, 7) is 6.04. The van der Waals surface area contributed by atoms with Crippen LogP contribution in [0.2, 0.25) is 0 Å². The molecular weight excluding hydrogens is 487 g/mol. The van der Waals surface area contributed by atoms with Crippen LogP contribution in [-0.4, -0.2) is 33.4 Å². The van der Waals surface area contributed by atoms with Crippen molar-refractivity contribution in [3.8, 4) is 11.3 Å². The van der Waals surface area contributed by atoms with E-state index in [2.05, 4.69) is 48.7 Å². The smallest absolute Gasteiger partial charge is 0.237 e. The summed E-state index contributed by atoms with van der Waals surface area (Å²) in [6, 6.07) is 19.3. The fourth-order valence-electron chi connectivity index (χ4n) is 7.61. The van der Waals surface area contributed by atoms with Gasteiger partial charge in [-0.05, 0) is 86.3 Å². The number of halogens is 1. The van der Waals surface area contributed by atoms with Crippen molar-refractivity contribution in [2.75, 3.05) is 11.9 Å². The van der Waals surface area contributed by atoms with Gasteiger partial charge in [-0.2, -0.15) is 0 Å². The molecule has 39 heavy (non-hydrogen) atoms. The summed E-state index contributed by atoms with van der Waals surface area (Å²) in [5, 5.41) is 7.59. The third-order valence-electron chi connectivity index (χ3n) is 8.76. The minimum absolute atomic E-state index is 0. The Bertz CT molecular complexity index is 1310. The predicted molar refractivity (Wildman–Crippen MR) is 156 cm³/mol. The molecule has 6 heteroatoms. The number of nitrogens with one attached hydrogen (secondary N) is 2. The molecule has 5 nitrogen and oxygen atoms in total. The molecule has 1 aliphatic heterocycles. The number of nitrogens with zero attached hydrogens (tertiary/aromatic N) is 2. The Morgan fingerprint density at radius 3 is 2.62 bits per heavy atom. The third kappa shape index (κ3) is 5.86. The van der Waals surface area contributed by atoms with Crippen molar-refractivity contribution in [2.24, 2.45) is 11.8 Å². The summed E-state index contributed by atoms with van der Waals surface area (Å²) in [7, 11) is 0. The highest BCUT2D eigenvalue weighted by Gasteiger charge is 2.50. The molecule has 2 saturated carbocycles. The van der Waals surface area contributed by atoms with Gasteiger partial charge in [-0.15, -0.1) is 0 Å². The van der Waals surface area contributed by atoms with Gasteiger partial charge in [0.1, 0.15) is 5.82 Å². The second-order valence-corrected chi connectivity index (χ2v) is 12.3. The van der Waals surface area contributed by atoms with Gasteiger partial charge in [-0.3, -0.25) is 9.78 Å². The molecule has 3 aromatic rings. The van der Waals surface area contributed by atoms with E-state index in [9.17, 15) is 9.18 Å². The van der Waals surface area contributed by atoms with Crippen LogP contribution in [0.1, 0.15) is 64.5 Å². The van der Waals surface area contributed by atoms with Gasteiger partial charge in [0, 0.05) is 29.7 Å². The summed E-state index contributed by atoms with van der Waals surface area (Å²) >= 11 is 0. The van der Waals surface area contributed by atoms with E-state index in [4.69, 9.17) is 4.98 Å². The van der Waals surface area contributed by atoms with Crippen molar-refractivity contribution in [3.63, 3.8) is 0 Å². The Labute approximate surface area is 232 Å². The van der Waals surface area contributed by atoms with Crippen LogP contribution in [0, 0.1) is 17.7 Å². The fourth-order valence-corrected chi connectivity index (χ4v) is 7.61. The van der Waals surface area contributed by atoms with Crippen LogP contribution < -0.4 is 10.6 Å². The molecule has 0 radical (unpaired) electrons. The van der Waals surface area contributed by atoms with Crippen LogP contribution in [0.3, 0.4) is 0 Å². The van der Waals surface area contributed by atoms with Crippen LogP contribution in [0.4, 0.5) is 10.1 Å². The van der Waals surface area contributed by atoms with Gasteiger partial charge in [0.2, 0.25) is 5.91 Å². The van der Waals surface area contributed by atoms with Gasteiger partial charge >= 0.3 is 0 Å². The lowest BCUT2D eigenvalue weighted by atomic mass is 9.58. The van der Waals surface area contributed by atoms with Gasteiger partial charge in [0.15, 0.2) is 0 Å². The van der Waals surface area contributed by atoms with Crippen molar-refractivity contribution in [2.45, 2.75) is 77.5 Å². The van der Waals surface area contributed by atoms with Gasteiger partial charge < -0.3 is 15.5 Å². The number of amides is 1. The lowest BCUT2D eigenvalue weighted by molar-refractivity contribution is -0.131. The number of aromatic nitrogens is 1. The minimum Gasteiger partial charge on any atom is -0.379 e. The number of rotatable bonds is 6. The maximum atomic E-state index is 13.7. The first kappa shape index (κ1) is 27.3. The zero-order valence-corrected chi connectivity index (χ0v) is 22.3. The monoisotopic (exact) mass is 528 g/mol. The first-order valence-electron chi connectivity index (χ1n) is 13.9. The largest absolute Gasteiger partial charge is 0.379 e. The molecular formula is C33H41FN4O. The van der Waals surface area contributed by atoms with Gasteiger partial charge in [-0.25, -0.2) is 4.39 Å². The average molecular weight is 529 g/mol. The first-order chi connectivity index (χ1) is 18.3. The second kappa shape index (κ2) is 10.7. The average Bonchev–Trinajstić information content (AvgIpc) is 3.30. The Balaban J connectivity index is 0.00000308. The number of anilines is 1. The Morgan fingerprint density at radius 1 is 1.05 bits per heavy atom. The van der Waals surface area contributed by atoms with Crippen molar-refractivity contribution in [1.29, 1.82) is 0 Å². The Morgan fingerprint density at radius 2 is 1.85 bits per heavy atom. The van der Waals surface area contributed by atoms with Crippen LogP contribution in [0.5, 0.6) is 0 Å². The Hall–Kier alpha value is -3.25. The first-order valence-corrected chi connectivity index (χ1v) is 13.9. The van der Waals surface area contributed by atoms with Crippen molar-refractivity contribution >= 4 is 11.6 Å². The molecule has 4 unspecified atom stereocenters. The fraction of sp³-hybridized carbons (Fsp3) is 0.455. The SMILES string of the molecule is C.CC1CC2CC(C)(Nc3ccc(-c4ccccc4)nc3)CC(NCC(=O)N3Cc4ccc(F)cc4C3)(C1)C2. The molecule has 1 amide bonds. The standard InChI is InChI=1S/C32H37FN4O.CH4/c1-22-12-23-15-31(2,36-28-10-11-29(34-17-28)24-6-4-3-5-7-24)21-32(14-22,16-23)35-18-30(38)37-19-25-8-9-27(33)13-26(25)20-37;/h3-11,13,17,22-23,35-36H,12,14-16,18-21H2,1-2H3;1H4. The second-order valence-electron chi connectivity index (χ2n) is 12.3. The van der Waals surface area contributed by atoms with Crippen LogP contribution in [0.15, 0.2) is 66.9 Å². The van der Waals surface area contributed by atoms with E-state index in [-0.39, 0.29) is 30.2 Å². The summed E-state index contributed by atoms with van der Waals surface area (Å²) < 4.78 is 13.7. The molecule has 0 spiro atoms. The van der Waals surface area contributed by atoms with Crippen LogP contribution >= 0.6 is 0 Å². The quantitative estimate of drug-likeness (QED) is 0.370. The molecule has 2 heterocycles. The lowest BCUT2D eigenvalue weighted by Gasteiger charge is -2.55. The van der Waals surface area contributed by atoms with E-state index in [1.807, 2.05) is 29.3 Å². The molecule has 2 fully saturated rings. The highest BCUT2D eigenvalue weighted by molar-refractivity contribution is 5.79. The molecule has 0 saturated heterocycles. The highest BCUT2D eigenvalue weighted by atomic mass is 19.1. The number of carbonyl (C=O) groups is 1. The third-order valence-corrected chi connectivity index (χ3v) is 8.76. The number of pyridine rings is 1. The van der Waals surface area contributed by atoms with Gasteiger partial charge in [-0.1, -0.05) is 50.7 Å². The molecule has 2 bridgehead atoms. The normalized spacial score (nSPS) is 27.4. The topological polar surface area (TPSA) is 57.3 Å². The lowest BCUT2D eigenvalue weighted by Crippen LogP contribution is -2.62. The van der Waals surface area contributed by atoms with Crippen LogP contribution in [0.25, 0.3) is 11.3 Å². The van der Waals surface area contributed by atoms with Crippen LogP contribution in [-0.2, 0) is 17.9 Å². The zero-order valence-electron chi connectivity index (χ0n) is 22.3. The van der Waals surface area contributed by atoms with Gasteiger partial charge in [0.25, 0.3) is 0 Å². The molecule has 2 aromatic carbocycles. The van der Waals surface area contributed by atoms with E-state index in [0.717, 1.165) is 53.8 Å². The maximum Gasteiger partial charge on any atom is 0.237 e. The molecule has 3 aliphatic rings. The number of hydrogen-bond acceptors (Lipinski definition) is 4. The van der Waals surface area contributed by atoms with E-state index in [0.29, 0.717) is 31.5 Å². The predicted octanol–water partition coefficient (Wildman–Crippen LogP) is 6.80. The van der Waals surface area contributed by atoms with Gasteiger partial charge in [0.05, 0.1) is 24.1 Å². The van der Waals surface area contributed by atoms with Crippen molar-refractivity contribution in [3.05, 3.63) is 83.8 Å². The highest BCUT2D eigenvalue weighted by Crippen LogP contribution is 2.49. The summed E-state index contributed by atoms with van der Waals surface area (Å²) in [5.74, 6) is 1.10. The zero-order chi connectivity index (χ0) is 26.3. The maximum absolute atomic E-state index is 13.7. The number of fused-ring (bicyclic) bond motifs is 3. The number of carbonyl (C=O) groups excluding carboxylic acids is 1. The number of benzene rings is 2. The molecule has 206 valence electrons. The van der Waals surface area contributed by atoms with E-state index in [1.54, 1.807) is 12.1 Å². The van der Waals surface area contributed by atoms with Crippen molar-refractivity contribution in [1.82, 2.24) is 15.2 Å². The minimum atomic E-state index is -0.240. The number of hydrogen-bond donors (Lipinski definition) is 2. The molecule has 6 rings (SSSR count). The van der Waals surface area contributed by atoms with E-state index < -0.39 is 0 Å². The molecule has 4 atom stereocenters. The summed E-state index contributed by atoms with van der Waals surface area (Å²) in [6.07, 6.45) is 7.43. The molecule has 2 aliphatic carbocycles. The van der Waals surface area contributed by atoms with E-state index >= 15 is 0 Å². The summed E-state index contributed by atoms with van der Waals surface area (Å²) in [5.41, 5.74) is 4.93.